The fourth-order valence-corrected chi connectivity index (χ4v) is 4.53. The van der Waals surface area contributed by atoms with Gasteiger partial charge in [0.25, 0.3) is 0 Å². The lowest BCUT2D eigenvalue weighted by Gasteiger charge is -2.34. The number of anilines is 1. The molecular weight excluding hydrogens is 410 g/mol. The molecule has 2 aromatic rings. The number of unbranched alkanes of at least 4 members (excludes halogenated alkanes) is 3. The second-order valence-corrected chi connectivity index (χ2v) is 9.15. The van der Waals surface area contributed by atoms with Gasteiger partial charge in [-0.3, -0.25) is 0 Å². The van der Waals surface area contributed by atoms with Crippen LogP contribution in [-0.4, -0.2) is 49.8 Å². The minimum Gasteiger partial charge on any atom is -0.378 e. The molecule has 0 atom stereocenters. The van der Waals surface area contributed by atoms with Crippen LogP contribution in [0, 0.1) is 0 Å². The first kappa shape index (κ1) is 25.3. The third kappa shape index (κ3) is 8.49. The first-order chi connectivity index (χ1) is 16.2. The van der Waals surface area contributed by atoms with Gasteiger partial charge in [-0.25, -0.2) is 4.79 Å². The van der Waals surface area contributed by atoms with E-state index >= 15 is 0 Å². The molecule has 0 saturated heterocycles. The third-order valence-corrected chi connectivity index (χ3v) is 6.64. The maximum absolute atomic E-state index is 12.8. The number of hydrogen-bond acceptors (Lipinski definition) is 3. The monoisotopic (exact) mass is 451 g/mol. The summed E-state index contributed by atoms with van der Waals surface area (Å²) in [5.74, 6) is 0. The number of rotatable bonds is 13. The van der Waals surface area contributed by atoms with E-state index in [9.17, 15) is 4.79 Å². The minimum absolute atomic E-state index is 0.0337. The van der Waals surface area contributed by atoms with Crippen molar-refractivity contribution in [2.45, 2.75) is 69.9 Å². The number of carbonyl (C=O) groups excluding carboxylic acids is 1. The number of carbonyl (C=O) groups is 1. The predicted molar refractivity (Wildman–Crippen MR) is 139 cm³/mol. The number of nitrogens with one attached hydrogen (secondary N) is 2. The largest absolute Gasteiger partial charge is 0.378 e. The molecule has 1 fully saturated rings. The van der Waals surface area contributed by atoms with Gasteiger partial charge in [0.05, 0.1) is 6.10 Å². The predicted octanol–water partition coefficient (Wildman–Crippen LogP) is 6.36. The summed E-state index contributed by atoms with van der Waals surface area (Å²) in [5, 5.41) is 8.81. The lowest BCUT2D eigenvalue weighted by molar-refractivity contribution is 0.0131. The van der Waals surface area contributed by atoms with Gasteiger partial charge in [-0.1, -0.05) is 49.2 Å². The molecule has 1 saturated carbocycles. The molecular formula is C28H41N3O2. The number of nitrogens with zero attached hydrogens (tertiary/aromatic N) is 1. The van der Waals surface area contributed by atoms with E-state index in [1.807, 2.05) is 42.3 Å². The highest BCUT2D eigenvalue weighted by Crippen LogP contribution is 2.26. The van der Waals surface area contributed by atoms with Crippen molar-refractivity contribution in [2.75, 3.05) is 32.1 Å². The molecule has 0 aromatic heterocycles. The molecule has 2 N–H and O–H groups in total. The van der Waals surface area contributed by atoms with Gasteiger partial charge in [-0.15, -0.1) is 6.58 Å². The van der Waals surface area contributed by atoms with Crippen molar-refractivity contribution in [3.63, 3.8) is 0 Å². The molecule has 2 amide bonds. The standard InChI is InChI=1S/C28H41N3O2/c1-3-4-19-29-20-9-5-6-10-21-33-27-17-15-26(16-18-27)31(2)28(32)30-25-14-13-23-11-7-8-12-24(23)22-25/h3,7-8,11-14,22,26-27,29H,1,4-6,9-10,15-21H2,2H3,(H,30,32). The molecule has 0 bridgehead atoms. The van der Waals surface area contributed by atoms with Crippen LogP contribution in [0.5, 0.6) is 0 Å². The third-order valence-electron chi connectivity index (χ3n) is 6.64. The van der Waals surface area contributed by atoms with E-state index in [4.69, 9.17) is 4.74 Å². The molecule has 33 heavy (non-hydrogen) atoms. The number of urea groups is 1. The van der Waals surface area contributed by atoms with Crippen molar-refractivity contribution in [1.29, 1.82) is 0 Å². The van der Waals surface area contributed by atoms with Crippen LogP contribution in [0.25, 0.3) is 10.8 Å². The summed E-state index contributed by atoms with van der Waals surface area (Å²) in [6, 6.07) is 14.5. The van der Waals surface area contributed by atoms with Crippen LogP contribution in [0.3, 0.4) is 0 Å². The minimum atomic E-state index is -0.0337. The Labute approximate surface area is 199 Å². The van der Waals surface area contributed by atoms with Gasteiger partial charge in [-0.05, 0) is 80.9 Å². The van der Waals surface area contributed by atoms with Gasteiger partial charge in [0.1, 0.15) is 0 Å². The smallest absolute Gasteiger partial charge is 0.321 e. The highest BCUT2D eigenvalue weighted by Gasteiger charge is 2.27. The molecule has 1 aliphatic carbocycles. The van der Waals surface area contributed by atoms with Crippen LogP contribution in [0.15, 0.2) is 55.1 Å². The average Bonchev–Trinajstić information content (AvgIpc) is 2.85. The maximum atomic E-state index is 12.8. The lowest BCUT2D eigenvalue weighted by atomic mass is 9.92. The Balaban J connectivity index is 1.28. The zero-order valence-corrected chi connectivity index (χ0v) is 20.2. The van der Waals surface area contributed by atoms with E-state index in [1.165, 1.54) is 24.6 Å². The number of amides is 2. The Morgan fingerprint density at radius 1 is 1.03 bits per heavy atom. The molecule has 180 valence electrons. The number of hydrogen-bond donors (Lipinski definition) is 2. The molecule has 0 spiro atoms. The van der Waals surface area contributed by atoms with E-state index in [0.717, 1.165) is 69.3 Å². The molecule has 0 aliphatic heterocycles. The van der Waals surface area contributed by atoms with E-state index in [-0.39, 0.29) is 12.1 Å². The summed E-state index contributed by atoms with van der Waals surface area (Å²) in [4.78, 5) is 14.6. The fraction of sp³-hybridized carbons (Fsp3) is 0.536. The molecule has 0 unspecified atom stereocenters. The second kappa shape index (κ2) is 14.0. The zero-order valence-electron chi connectivity index (χ0n) is 20.2. The average molecular weight is 452 g/mol. The van der Waals surface area contributed by atoms with Crippen LogP contribution in [-0.2, 0) is 4.74 Å². The first-order valence-corrected chi connectivity index (χ1v) is 12.6. The zero-order chi connectivity index (χ0) is 23.3. The summed E-state index contributed by atoms with van der Waals surface area (Å²) in [7, 11) is 1.91. The summed E-state index contributed by atoms with van der Waals surface area (Å²) in [6.45, 7) is 6.73. The molecule has 0 radical (unpaired) electrons. The Kier molecular flexibility index (Phi) is 10.7. The summed E-state index contributed by atoms with van der Waals surface area (Å²) in [5.41, 5.74) is 0.843. The first-order valence-electron chi connectivity index (χ1n) is 12.6. The normalized spacial score (nSPS) is 18.2. The molecule has 3 rings (SSSR count). The van der Waals surface area contributed by atoms with Gasteiger partial charge in [0.15, 0.2) is 0 Å². The van der Waals surface area contributed by atoms with Gasteiger partial charge >= 0.3 is 6.03 Å². The topological polar surface area (TPSA) is 53.6 Å². The van der Waals surface area contributed by atoms with E-state index in [0.29, 0.717) is 6.10 Å². The van der Waals surface area contributed by atoms with Gasteiger partial charge < -0.3 is 20.3 Å². The van der Waals surface area contributed by atoms with Crippen LogP contribution >= 0.6 is 0 Å². The molecule has 2 aromatic carbocycles. The molecule has 5 heteroatoms. The van der Waals surface area contributed by atoms with Gasteiger partial charge in [-0.2, -0.15) is 0 Å². The number of ether oxygens (including phenoxy) is 1. The van der Waals surface area contributed by atoms with Crippen LogP contribution in [0.4, 0.5) is 10.5 Å². The fourth-order valence-electron chi connectivity index (χ4n) is 4.53. The van der Waals surface area contributed by atoms with Crippen molar-refractivity contribution in [3.8, 4) is 0 Å². The summed E-state index contributed by atoms with van der Waals surface area (Å²) < 4.78 is 6.12. The maximum Gasteiger partial charge on any atom is 0.321 e. The van der Waals surface area contributed by atoms with Crippen LogP contribution < -0.4 is 10.6 Å². The van der Waals surface area contributed by atoms with Crippen molar-refractivity contribution < 1.29 is 9.53 Å². The van der Waals surface area contributed by atoms with Gasteiger partial charge in [0.2, 0.25) is 0 Å². The van der Waals surface area contributed by atoms with E-state index in [1.54, 1.807) is 0 Å². The molecule has 0 heterocycles. The van der Waals surface area contributed by atoms with Crippen molar-refractivity contribution in [2.24, 2.45) is 0 Å². The lowest BCUT2D eigenvalue weighted by Crippen LogP contribution is -2.42. The number of fused-ring (bicyclic) bond motifs is 1. The summed E-state index contributed by atoms with van der Waals surface area (Å²) in [6.07, 6.45) is 12.3. The van der Waals surface area contributed by atoms with E-state index < -0.39 is 0 Å². The Morgan fingerprint density at radius 3 is 2.58 bits per heavy atom. The Hall–Kier alpha value is -2.37. The Morgan fingerprint density at radius 2 is 1.79 bits per heavy atom. The van der Waals surface area contributed by atoms with Crippen molar-refractivity contribution in [3.05, 3.63) is 55.1 Å². The quantitative estimate of drug-likeness (QED) is 0.275. The summed E-state index contributed by atoms with van der Waals surface area (Å²) >= 11 is 0. The molecule has 1 aliphatic rings. The number of benzene rings is 2. The van der Waals surface area contributed by atoms with Crippen LogP contribution in [0.1, 0.15) is 57.8 Å². The SMILES string of the molecule is C=CCCNCCCCCCOC1CCC(N(C)C(=O)Nc2ccc3ccccc3c2)CC1. The van der Waals surface area contributed by atoms with E-state index in [2.05, 4.69) is 35.4 Å². The highest BCUT2D eigenvalue weighted by atomic mass is 16.5. The Bertz CT molecular complexity index is 861. The van der Waals surface area contributed by atoms with Crippen molar-refractivity contribution >= 4 is 22.5 Å². The van der Waals surface area contributed by atoms with Crippen LogP contribution in [0.2, 0.25) is 0 Å². The van der Waals surface area contributed by atoms with Gasteiger partial charge in [0, 0.05) is 25.4 Å². The molecule has 5 nitrogen and oxygen atoms in total. The highest BCUT2D eigenvalue weighted by molar-refractivity contribution is 5.93. The second-order valence-electron chi connectivity index (χ2n) is 9.15. The van der Waals surface area contributed by atoms with Crippen molar-refractivity contribution in [1.82, 2.24) is 10.2 Å².